The van der Waals surface area contributed by atoms with Crippen LogP contribution in [0, 0.1) is 0 Å². The fourth-order valence-electron chi connectivity index (χ4n) is 2.27. The van der Waals surface area contributed by atoms with E-state index in [-0.39, 0.29) is 11.9 Å². The molecule has 0 saturated heterocycles. The van der Waals surface area contributed by atoms with E-state index < -0.39 is 0 Å². The zero-order valence-electron chi connectivity index (χ0n) is 12.2. The van der Waals surface area contributed by atoms with Gasteiger partial charge in [-0.1, -0.05) is 36.4 Å². The number of carbonyl (C=O) groups is 1. The topological polar surface area (TPSA) is 54.9 Å². The second-order valence-corrected chi connectivity index (χ2v) is 5.88. The van der Waals surface area contributed by atoms with Crippen LogP contribution in [0.5, 0.6) is 0 Å². The number of aromatic nitrogens is 2. The van der Waals surface area contributed by atoms with Crippen molar-refractivity contribution in [2.45, 2.75) is 6.04 Å². The Hall–Kier alpha value is -2.53. The zero-order valence-corrected chi connectivity index (χ0v) is 13.8. The normalized spacial score (nSPS) is 11.7. The van der Waals surface area contributed by atoms with E-state index in [1.54, 1.807) is 24.7 Å². The maximum Gasteiger partial charge on any atom is 0.253 e. The van der Waals surface area contributed by atoms with Gasteiger partial charge in [-0.3, -0.25) is 14.8 Å². The van der Waals surface area contributed by atoms with Crippen LogP contribution in [0.25, 0.3) is 0 Å². The van der Waals surface area contributed by atoms with E-state index in [9.17, 15) is 4.79 Å². The first-order chi connectivity index (χ1) is 11.2. The van der Waals surface area contributed by atoms with Gasteiger partial charge in [0, 0.05) is 23.1 Å². The van der Waals surface area contributed by atoms with Gasteiger partial charge in [-0.05, 0) is 39.7 Å². The molecule has 1 atom stereocenters. The van der Waals surface area contributed by atoms with Crippen molar-refractivity contribution < 1.29 is 4.79 Å². The molecule has 1 amide bonds. The van der Waals surface area contributed by atoms with Crippen molar-refractivity contribution in [3.63, 3.8) is 0 Å². The van der Waals surface area contributed by atoms with Crippen molar-refractivity contribution in [2.75, 3.05) is 0 Å². The van der Waals surface area contributed by atoms with Crippen molar-refractivity contribution in [2.24, 2.45) is 0 Å². The summed E-state index contributed by atoms with van der Waals surface area (Å²) in [5.74, 6) is -0.196. The van der Waals surface area contributed by atoms with E-state index in [0.29, 0.717) is 5.56 Å². The molecule has 0 radical (unpaired) electrons. The number of nitrogens with zero attached hydrogens (tertiary/aromatic N) is 2. The Morgan fingerprint density at radius 3 is 2.52 bits per heavy atom. The summed E-state index contributed by atoms with van der Waals surface area (Å²) in [7, 11) is 0. The minimum absolute atomic E-state index is 0.196. The van der Waals surface area contributed by atoms with Crippen LogP contribution >= 0.6 is 15.9 Å². The molecular formula is C18H14BrN3O. The molecule has 5 heteroatoms. The molecule has 4 nitrogen and oxygen atoms in total. The molecule has 0 fully saturated rings. The Morgan fingerprint density at radius 1 is 1.04 bits per heavy atom. The highest BCUT2D eigenvalue weighted by atomic mass is 79.9. The van der Waals surface area contributed by atoms with Crippen molar-refractivity contribution in [1.29, 1.82) is 0 Å². The number of amides is 1. The van der Waals surface area contributed by atoms with E-state index >= 15 is 0 Å². The molecule has 23 heavy (non-hydrogen) atoms. The quantitative estimate of drug-likeness (QED) is 0.763. The smallest absolute Gasteiger partial charge is 0.253 e. The third-order valence-electron chi connectivity index (χ3n) is 3.36. The Kier molecular flexibility index (Phi) is 4.78. The minimum Gasteiger partial charge on any atom is -0.339 e. The number of pyridine rings is 2. The molecule has 0 bridgehead atoms. The second kappa shape index (κ2) is 7.15. The third kappa shape index (κ3) is 3.81. The SMILES string of the molecule is O=C(N[C@@H](c1ccccc1)c1ccccn1)c1cncc(Br)c1. The fraction of sp³-hybridized carbons (Fsp3) is 0.0556. The number of halogens is 1. The lowest BCUT2D eigenvalue weighted by molar-refractivity contribution is 0.0942. The molecule has 0 saturated carbocycles. The van der Waals surface area contributed by atoms with Gasteiger partial charge in [0.1, 0.15) is 0 Å². The molecule has 0 unspecified atom stereocenters. The Labute approximate surface area is 142 Å². The predicted molar refractivity (Wildman–Crippen MR) is 91.9 cm³/mol. The zero-order chi connectivity index (χ0) is 16.1. The van der Waals surface area contributed by atoms with Gasteiger partial charge in [0.05, 0.1) is 17.3 Å². The van der Waals surface area contributed by atoms with Gasteiger partial charge in [0.2, 0.25) is 0 Å². The number of benzene rings is 1. The summed E-state index contributed by atoms with van der Waals surface area (Å²) >= 11 is 3.33. The molecule has 2 heterocycles. The predicted octanol–water partition coefficient (Wildman–Crippen LogP) is 3.76. The Bertz CT molecular complexity index is 754. The number of hydrogen-bond donors (Lipinski definition) is 1. The highest BCUT2D eigenvalue weighted by molar-refractivity contribution is 9.10. The van der Waals surface area contributed by atoms with E-state index in [0.717, 1.165) is 15.7 Å². The van der Waals surface area contributed by atoms with Crippen LogP contribution in [0.2, 0.25) is 0 Å². The lowest BCUT2D eigenvalue weighted by Crippen LogP contribution is -2.30. The molecule has 3 rings (SSSR count). The van der Waals surface area contributed by atoms with Crippen LogP contribution < -0.4 is 5.32 Å². The number of nitrogens with one attached hydrogen (secondary N) is 1. The maximum absolute atomic E-state index is 12.6. The average molecular weight is 368 g/mol. The van der Waals surface area contributed by atoms with Crippen molar-refractivity contribution in [3.8, 4) is 0 Å². The fourth-order valence-corrected chi connectivity index (χ4v) is 2.64. The first-order valence-corrected chi connectivity index (χ1v) is 7.90. The summed E-state index contributed by atoms with van der Waals surface area (Å²) in [4.78, 5) is 21.0. The lowest BCUT2D eigenvalue weighted by atomic mass is 10.0. The molecule has 1 aromatic carbocycles. The van der Waals surface area contributed by atoms with Gasteiger partial charge in [-0.15, -0.1) is 0 Å². The molecule has 0 spiro atoms. The van der Waals surface area contributed by atoms with Gasteiger partial charge in [-0.2, -0.15) is 0 Å². The van der Waals surface area contributed by atoms with Gasteiger partial charge in [0.15, 0.2) is 0 Å². The van der Waals surface area contributed by atoms with Gasteiger partial charge in [0.25, 0.3) is 5.91 Å². The van der Waals surface area contributed by atoms with E-state index in [4.69, 9.17) is 0 Å². The summed E-state index contributed by atoms with van der Waals surface area (Å²) in [6, 6.07) is 16.9. The summed E-state index contributed by atoms with van der Waals surface area (Å²) in [5.41, 5.74) is 2.26. The molecule has 1 N–H and O–H groups in total. The first kappa shape index (κ1) is 15.4. The van der Waals surface area contributed by atoms with Crippen LogP contribution in [0.15, 0.2) is 77.7 Å². The van der Waals surface area contributed by atoms with Crippen LogP contribution in [-0.4, -0.2) is 15.9 Å². The lowest BCUT2D eigenvalue weighted by Gasteiger charge is -2.19. The summed E-state index contributed by atoms with van der Waals surface area (Å²) < 4.78 is 0.763. The van der Waals surface area contributed by atoms with Crippen LogP contribution in [0.1, 0.15) is 27.7 Å². The molecule has 0 aliphatic carbocycles. The highest BCUT2D eigenvalue weighted by Crippen LogP contribution is 2.21. The minimum atomic E-state index is -0.316. The maximum atomic E-state index is 12.6. The average Bonchev–Trinajstić information content (AvgIpc) is 2.61. The van der Waals surface area contributed by atoms with Crippen LogP contribution in [-0.2, 0) is 0 Å². The van der Waals surface area contributed by atoms with E-state index in [1.165, 1.54) is 0 Å². The van der Waals surface area contributed by atoms with Gasteiger partial charge < -0.3 is 5.32 Å². The summed E-state index contributed by atoms with van der Waals surface area (Å²) in [6.07, 6.45) is 4.91. The van der Waals surface area contributed by atoms with E-state index in [1.807, 2.05) is 48.5 Å². The number of carbonyl (C=O) groups excluding carboxylic acids is 1. The molecule has 0 aliphatic heterocycles. The van der Waals surface area contributed by atoms with Gasteiger partial charge >= 0.3 is 0 Å². The molecule has 3 aromatic rings. The van der Waals surface area contributed by atoms with Crippen LogP contribution in [0.4, 0.5) is 0 Å². The van der Waals surface area contributed by atoms with E-state index in [2.05, 4.69) is 31.2 Å². The third-order valence-corrected chi connectivity index (χ3v) is 3.79. The van der Waals surface area contributed by atoms with Crippen molar-refractivity contribution >= 4 is 21.8 Å². The molecule has 0 aliphatic rings. The second-order valence-electron chi connectivity index (χ2n) is 4.96. The number of hydrogen-bond acceptors (Lipinski definition) is 3. The standard InChI is InChI=1S/C18H14BrN3O/c19-15-10-14(11-20-12-15)18(23)22-17(13-6-2-1-3-7-13)16-8-4-5-9-21-16/h1-12,17H,(H,22,23)/t17-/m0/s1. The highest BCUT2D eigenvalue weighted by Gasteiger charge is 2.19. The van der Waals surface area contributed by atoms with Crippen molar-refractivity contribution in [3.05, 3.63) is 94.5 Å². The monoisotopic (exact) mass is 367 g/mol. The molecule has 114 valence electrons. The van der Waals surface area contributed by atoms with Crippen molar-refractivity contribution in [1.82, 2.24) is 15.3 Å². The summed E-state index contributed by atoms with van der Waals surface area (Å²) in [6.45, 7) is 0. The first-order valence-electron chi connectivity index (χ1n) is 7.11. The number of rotatable bonds is 4. The molecular weight excluding hydrogens is 354 g/mol. The Morgan fingerprint density at radius 2 is 1.83 bits per heavy atom. The van der Waals surface area contributed by atoms with Crippen LogP contribution in [0.3, 0.4) is 0 Å². The largest absolute Gasteiger partial charge is 0.339 e. The Balaban J connectivity index is 1.92. The van der Waals surface area contributed by atoms with Gasteiger partial charge in [-0.25, -0.2) is 0 Å². The summed E-state index contributed by atoms with van der Waals surface area (Å²) in [5, 5.41) is 3.03. The molecule has 2 aromatic heterocycles.